The molecule has 5 heteroatoms. The molecule has 4 nitrogen and oxygen atoms in total. The number of carbonyl (C=O) groups is 1. The van der Waals surface area contributed by atoms with E-state index in [9.17, 15) is 9.18 Å². The average Bonchev–Trinajstić information content (AvgIpc) is 3.02. The molecule has 2 aliphatic rings. The van der Waals surface area contributed by atoms with Gasteiger partial charge in [0.15, 0.2) is 0 Å². The molecule has 23 heavy (non-hydrogen) atoms. The van der Waals surface area contributed by atoms with E-state index >= 15 is 0 Å². The quantitative estimate of drug-likeness (QED) is 0.851. The summed E-state index contributed by atoms with van der Waals surface area (Å²) in [6, 6.07) is 6.80. The SMILES string of the molecule is C[C@H](C(=O)N1CCC[C@@H]1Cc1cccc(F)c1)N1CCOCC1. The van der Waals surface area contributed by atoms with Crippen LogP contribution in [0.4, 0.5) is 4.39 Å². The van der Waals surface area contributed by atoms with Gasteiger partial charge in [0.2, 0.25) is 5.91 Å². The predicted molar refractivity (Wildman–Crippen MR) is 86.7 cm³/mol. The Hall–Kier alpha value is -1.46. The van der Waals surface area contributed by atoms with E-state index in [0.717, 1.165) is 44.5 Å². The van der Waals surface area contributed by atoms with Crippen molar-refractivity contribution in [3.05, 3.63) is 35.6 Å². The van der Waals surface area contributed by atoms with Gasteiger partial charge in [0.25, 0.3) is 0 Å². The van der Waals surface area contributed by atoms with Crippen LogP contribution >= 0.6 is 0 Å². The summed E-state index contributed by atoms with van der Waals surface area (Å²) >= 11 is 0. The van der Waals surface area contributed by atoms with Crippen LogP contribution in [0.2, 0.25) is 0 Å². The minimum absolute atomic E-state index is 0.105. The third-order valence-electron chi connectivity index (χ3n) is 4.97. The lowest BCUT2D eigenvalue weighted by Gasteiger charge is -2.35. The lowest BCUT2D eigenvalue weighted by molar-refractivity contribution is -0.138. The van der Waals surface area contributed by atoms with Gasteiger partial charge in [-0.05, 0) is 43.9 Å². The van der Waals surface area contributed by atoms with Crippen LogP contribution in [0.3, 0.4) is 0 Å². The van der Waals surface area contributed by atoms with Gasteiger partial charge in [0.05, 0.1) is 19.3 Å². The number of halogens is 1. The van der Waals surface area contributed by atoms with E-state index < -0.39 is 0 Å². The standard InChI is InChI=1S/C18H25FN2O2/c1-14(20-8-10-23-11-9-20)18(22)21-7-3-6-17(21)13-15-4-2-5-16(19)12-15/h2,4-5,12,14,17H,3,6-11,13H2,1H3/t14-,17-/m1/s1. The molecule has 2 fully saturated rings. The highest BCUT2D eigenvalue weighted by atomic mass is 19.1. The van der Waals surface area contributed by atoms with Crippen LogP contribution in [0.1, 0.15) is 25.3 Å². The van der Waals surface area contributed by atoms with Crippen molar-refractivity contribution in [2.45, 2.75) is 38.3 Å². The molecule has 126 valence electrons. The number of hydrogen-bond acceptors (Lipinski definition) is 3. The Morgan fingerprint density at radius 1 is 1.35 bits per heavy atom. The van der Waals surface area contributed by atoms with Crippen molar-refractivity contribution in [2.24, 2.45) is 0 Å². The van der Waals surface area contributed by atoms with Crippen molar-refractivity contribution in [3.63, 3.8) is 0 Å². The van der Waals surface area contributed by atoms with Crippen LogP contribution in [-0.2, 0) is 16.0 Å². The first-order chi connectivity index (χ1) is 11.1. The van der Waals surface area contributed by atoms with Crippen LogP contribution in [-0.4, -0.2) is 60.6 Å². The van der Waals surface area contributed by atoms with Gasteiger partial charge >= 0.3 is 0 Å². The van der Waals surface area contributed by atoms with Crippen molar-refractivity contribution in [1.82, 2.24) is 9.80 Å². The van der Waals surface area contributed by atoms with Crippen LogP contribution < -0.4 is 0 Å². The van der Waals surface area contributed by atoms with Crippen LogP contribution in [0.15, 0.2) is 24.3 Å². The predicted octanol–water partition coefficient (Wildman–Crippen LogP) is 2.08. The molecule has 1 amide bonds. The Morgan fingerprint density at radius 2 is 2.13 bits per heavy atom. The van der Waals surface area contributed by atoms with Crippen molar-refractivity contribution in [3.8, 4) is 0 Å². The van der Waals surface area contributed by atoms with E-state index in [0.29, 0.717) is 13.2 Å². The first kappa shape index (κ1) is 16.4. The summed E-state index contributed by atoms with van der Waals surface area (Å²) in [6.07, 6.45) is 2.76. The summed E-state index contributed by atoms with van der Waals surface area (Å²) in [6.45, 7) is 5.83. The van der Waals surface area contributed by atoms with Gasteiger partial charge in [-0.25, -0.2) is 4.39 Å². The molecule has 0 bridgehead atoms. The van der Waals surface area contributed by atoms with Crippen molar-refractivity contribution < 1.29 is 13.9 Å². The zero-order valence-electron chi connectivity index (χ0n) is 13.7. The fourth-order valence-electron chi connectivity index (χ4n) is 3.64. The molecule has 0 saturated carbocycles. The summed E-state index contributed by atoms with van der Waals surface area (Å²) in [5, 5.41) is 0. The maximum absolute atomic E-state index is 13.4. The molecule has 3 rings (SSSR count). The van der Waals surface area contributed by atoms with Crippen molar-refractivity contribution >= 4 is 5.91 Å². The lowest BCUT2D eigenvalue weighted by atomic mass is 10.0. The number of rotatable bonds is 4. The van der Waals surface area contributed by atoms with Crippen LogP contribution in [0.25, 0.3) is 0 Å². The Morgan fingerprint density at radius 3 is 2.87 bits per heavy atom. The van der Waals surface area contributed by atoms with Gasteiger partial charge in [-0.3, -0.25) is 9.69 Å². The highest BCUT2D eigenvalue weighted by molar-refractivity contribution is 5.82. The molecule has 1 aromatic rings. The van der Waals surface area contributed by atoms with E-state index in [1.807, 2.05) is 17.9 Å². The number of hydrogen-bond donors (Lipinski definition) is 0. The Balaban J connectivity index is 1.64. The van der Waals surface area contributed by atoms with Crippen LogP contribution in [0.5, 0.6) is 0 Å². The largest absolute Gasteiger partial charge is 0.379 e. The number of nitrogens with zero attached hydrogens (tertiary/aromatic N) is 2. The highest BCUT2D eigenvalue weighted by Gasteiger charge is 2.34. The second-order valence-electron chi connectivity index (χ2n) is 6.49. The maximum Gasteiger partial charge on any atom is 0.239 e. The van der Waals surface area contributed by atoms with Gasteiger partial charge in [0, 0.05) is 25.7 Å². The van der Waals surface area contributed by atoms with E-state index in [1.165, 1.54) is 6.07 Å². The Kier molecular flexibility index (Phi) is 5.28. The topological polar surface area (TPSA) is 32.8 Å². The molecule has 2 aliphatic heterocycles. The lowest BCUT2D eigenvalue weighted by Crippen LogP contribution is -2.52. The summed E-state index contributed by atoms with van der Waals surface area (Å²) in [4.78, 5) is 17.1. The third kappa shape index (κ3) is 3.90. The Labute approximate surface area is 137 Å². The minimum atomic E-state index is -0.208. The maximum atomic E-state index is 13.4. The van der Waals surface area contributed by atoms with Gasteiger partial charge in [-0.1, -0.05) is 12.1 Å². The van der Waals surface area contributed by atoms with Gasteiger partial charge in [-0.2, -0.15) is 0 Å². The molecule has 0 radical (unpaired) electrons. The fraction of sp³-hybridized carbons (Fsp3) is 0.611. The molecule has 2 atom stereocenters. The molecule has 0 aromatic heterocycles. The zero-order chi connectivity index (χ0) is 16.2. The minimum Gasteiger partial charge on any atom is -0.379 e. The normalized spacial score (nSPS) is 23.9. The number of likely N-dealkylation sites (tertiary alicyclic amines) is 1. The molecule has 0 N–H and O–H groups in total. The molecule has 0 spiro atoms. The molecule has 2 saturated heterocycles. The van der Waals surface area contributed by atoms with Crippen LogP contribution in [0, 0.1) is 5.82 Å². The number of carbonyl (C=O) groups excluding carboxylic acids is 1. The second-order valence-corrected chi connectivity index (χ2v) is 6.49. The first-order valence-electron chi connectivity index (χ1n) is 8.52. The molecule has 0 unspecified atom stereocenters. The smallest absolute Gasteiger partial charge is 0.239 e. The summed E-state index contributed by atoms with van der Waals surface area (Å²) in [5.74, 6) is -0.00846. The van der Waals surface area contributed by atoms with Crippen molar-refractivity contribution in [2.75, 3.05) is 32.8 Å². The van der Waals surface area contributed by atoms with E-state index in [4.69, 9.17) is 4.74 Å². The molecular formula is C18H25FN2O2. The number of benzene rings is 1. The average molecular weight is 320 g/mol. The zero-order valence-corrected chi connectivity index (χ0v) is 13.7. The van der Waals surface area contributed by atoms with Gasteiger partial charge < -0.3 is 9.64 Å². The Bertz CT molecular complexity index is 546. The number of amides is 1. The molecule has 1 aromatic carbocycles. The molecular weight excluding hydrogens is 295 g/mol. The van der Waals surface area contributed by atoms with E-state index in [1.54, 1.807) is 12.1 Å². The van der Waals surface area contributed by atoms with Crippen molar-refractivity contribution in [1.29, 1.82) is 0 Å². The third-order valence-corrected chi connectivity index (χ3v) is 4.97. The number of ether oxygens (including phenoxy) is 1. The molecule has 2 heterocycles. The monoisotopic (exact) mass is 320 g/mol. The fourth-order valence-corrected chi connectivity index (χ4v) is 3.64. The summed E-state index contributed by atoms with van der Waals surface area (Å²) in [5.41, 5.74) is 0.966. The number of morpholine rings is 1. The van der Waals surface area contributed by atoms with E-state index in [2.05, 4.69) is 4.90 Å². The summed E-state index contributed by atoms with van der Waals surface area (Å²) in [7, 11) is 0. The highest BCUT2D eigenvalue weighted by Crippen LogP contribution is 2.23. The summed E-state index contributed by atoms with van der Waals surface area (Å²) < 4.78 is 18.7. The van der Waals surface area contributed by atoms with Gasteiger partial charge in [0.1, 0.15) is 5.82 Å². The van der Waals surface area contributed by atoms with Gasteiger partial charge in [-0.15, -0.1) is 0 Å². The first-order valence-corrected chi connectivity index (χ1v) is 8.52. The second kappa shape index (κ2) is 7.41. The van der Waals surface area contributed by atoms with E-state index in [-0.39, 0.29) is 23.8 Å². The molecule has 0 aliphatic carbocycles.